The topological polar surface area (TPSA) is 98.5 Å². The number of ketones is 1. The van der Waals surface area contributed by atoms with Gasteiger partial charge in [0, 0.05) is 11.3 Å². The van der Waals surface area contributed by atoms with Gasteiger partial charge in [0.05, 0.1) is 12.2 Å². The zero-order valence-electron chi connectivity index (χ0n) is 14.8. The lowest BCUT2D eigenvalue weighted by atomic mass is 9.76. The number of amides is 1. The highest BCUT2D eigenvalue weighted by atomic mass is 16.5. The fourth-order valence-electron chi connectivity index (χ4n) is 3.20. The van der Waals surface area contributed by atoms with Crippen LogP contribution >= 0.6 is 0 Å². The standard InChI is InChI=1S/C19H22N2O4/c1-5-25-17(23)15-11(2)19(13(4)22,18(20)24)21-12(3)16(15)14-9-7-6-8-10-14/h6-10,21H,5H2,1-4H3,(H2,20,24). The number of hydrogen-bond acceptors (Lipinski definition) is 5. The zero-order chi connectivity index (χ0) is 18.8. The molecule has 1 atom stereocenters. The molecule has 0 aliphatic carbocycles. The smallest absolute Gasteiger partial charge is 0.338 e. The van der Waals surface area contributed by atoms with Crippen molar-refractivity contribution in [2.75, 3.05) is 6.61 Å². The second-order valence-corrected chi connectivity index (χ2v) is 5.88. The van der Waals surface area contributed by atoms with Crippen LogP contribution in [0, 0.1) is 0 Å². The zero-order valence-corrected chi connectivity index (χ0v) is 14.8. The van der Waals surface area contributed by atoms with Crippen molar-refractivity contribution in [1.29, 1.82) is 0 Å². The second-order valence-electron chi connectivity index (χ2n) is 5.88. The molecule has 0 saturated heterocycles. The van der Waals surface area contributed by atoms with Crippen LogP contribution in [0.25, 0.3) is 5.57 Å². The van der Waals surface area contributed by atoms with E-state index in [2.05, 4.69) is 5.32 Å². The van der Waals surface area contributed by atoms with E-state index in [1.54, 1.807) is 20.8 Å². The fraction of sp³-hybridized carbons (Fsp3) is 0.316. The predicted molar refractivity (Wildman–Crippen MR) is 94.1 cm³/mol. The summed E-state index contributed by atoms with van der Waals surface area (Å²) in [6.07, 6.45) is 0. The molecule has 25 heavy (non-hydrogen) atoms. The first-order valence-corrected chi connectivity index (χ1v) is 8.01. The van der Waals surface area contributed by atoms with Crippen molar-refractivity contribution in [3.63, 3.8) is 0 Å². The van der Waals surface area contributed by atoms with Crippen LogP contribution < -0.4 is 11.1 Å². The van der Waals surface area contributed by atoms with Gasteiger partial charge in [-0.05, 0) is 38.8 Å². The number of esters is 1. The van der Waals surface area contributed by atoms with Gasteiger partial charge in [0.25, 0.3) is 5.91 Å². The second kappa shape index (κ2) is 6.93. The summed E-state index contributed by atoms with van der Waals surface area (Å²) in [6.45, 7) is 6.40. The summed E-state index contributed by atoms with van der Waals surface area (Å²) < 4.78 is 5.18. The Morgan fingerprint density at radius 2 is 1.76 bits per heavy atom. The minimum atomic E-state index is -1.76. The summed E-state index contributed by atoms with van der Waals surface area (Å²) in [7, 11) is 0. The number of benzene rings is 1. The quantitative estimate of drug-likeness (QED) is 0.627. The summed E-state index contributed by atoms with van der Waals surface area (Å²) in [5.41, 5.74) is 6.10. The van der Waals surface area contributed by atoms with Crippen LogP contribution in [0.1, 0.15) is 33.3 Å². The van der Waals surface area contributed by atoms with Crippen molar-refractivity contribution in [1.82, 2.24) is 5.32 Å². The molecule has 1 heterocycles. The number of dihydropyridines is 1. The van der Waals surface area contributed by atoms with Gasteiger partial charge in [-0.2, -0.15) is 0 Å². The monoisotopic (exact) mass is 342 g/mol. The normalized spacial score (nSPS) is 20.2. The van der Waals surface area contributed by atoms with E-state index in [1.807, 2.05) is 30.3 Å². The number of ether oxygens (including phenoxy) is 1. The summed E-state index contributed by atoms with van der Waals surface area (Å²) in [4.78, 5) is 37.2. The molecule has 0 radical (unpaired) electrons. The largest absolute Gasteiger partial charge is 0.462 e. The molecule has 3 N–H and O–H groups in total. The van der Waals surface area contributed by atoms with Crippen molar-refractivity contribution in [3.05, 3.63) is 52.7 Å². The summed E-state index contributed by atoms with van der Waals surface area (Å²) in [5.74, 6) is -1.93. The SMILES string of the molecule is CCOC(=O)C1=C(C)C(C(C)=O)(C(N)=O)NC(C)=C1c1ccccc1. The van der Waals surface area contributed by atoms with Crippen LogP contribution in [-0.4, -0.2) is 29.8 Å². The van der Waals surface area contributed by atoms with Gasteiger partial charge in [0.2, 0.25) is 0 Å². The Bertz CT molecular complexity index is 777. The maximum Gasteiger partial charge on any atom is 0.338 e. The van der Waals surface area contributed by atoms with Crippen LogP contribution in [0.4, 0.5) is 0 Å². The van der Waals surface area contributed by atoms with Gasteiger partial charge >= 0.3 is 5.97 Å². The molecule has 1 unspecified atom stereocenters. The maximum atomic E-state index is 12.7. The average Bonchev–Trinajstić information content (AvgIpc) is 2.56. The van der Waals surface area contributed by atoms with E-state index >= 15 is 0 Å². The molecular formula is C19H22N2O4. The third kappa shape index (κ3) is 2.95. The van der Waals surface area contributed by atoms with Gasteiger partial charge in [0.1, 0.15) is 0 Å². The van der Waals surface area contributed by atoms with E-state index < -0.39 is 23.2 Å². The molecule has 1 amide bonds. The molecule has 0 spiro atoms. The summed E-state index contributed by atoms with van der Waals surface area (Å²) in [6, 6.07) is 9.24. The number of Topliss-reactive ketones (excluding diaryl/α,β-unsaturated/α-hetero) is 1. The number of primary amides is 1. The first-order valence-electron chi connectivity index (χ1n) is 8.01. The Morgan fingerprint density at radius 3 is 2.24 bits per heavy atom. The Kier molecular flexibility index (Phi) is 5.11. The van der Waals surface area contributed by atoms with E-state index in [-0.39, 0.29) is 17.8 Å². The van der Waals surface area contributed by atoms with Crippen molar-refractivity contribution < 1.29 is 19.1 Å². The Balaban J connectivity index is 2.81. The molecule has 6 heteroatoms. The molecule has 1 aliphatic heterocycles. The molecule has 1 aliphatic rings. The lowest BCUT2D eigenvalue weighted by Crippen LogP contribution is -2.62. The Labute approximate surface area is 146 Å². The van der Waals surface area contributed by atoms with Gasteiger partial charge in [-0.3, -0.25) is 9.59 Å². The van der Waals surface area contributed by atoms with Gasteiger partial charge in [-0.1, -0.05) is 30.3 Å². The molecule has 1 aromatic carbocycles. The third-order valence-electron chi connectivity index (χ3n) is 4.38. The number of nitrogens with two attached hydrogens (primary N) is 1. The number of carbonyl (C=O) groups is 3. The van der Waals surface area contributed by atoms with Gasteiger partial charge in [0.15, 0.2) is 11.3 Å². The van der Waals surface area contributed by atoms with Gasteiger partial charge in [-0.25, -0.2) is 4.79 Å². The molecule has 132 valence electrons. The Morgan fingerprint density at radius 1 is 1.16 bits per heavy atom. The van der Waals surface area contributed by atoms with Gasteiger partial charge in [-0.15, -0.1) is 0 Å². The molecule has 0 bridgehead atoms. The molecule has 0 aromatic heterocycles. The molecule has 0 fully saturated rings. The van der Waals surface area contributed by atoms with Crippen LogP contribution in [0.3, 0.4) is 0 Å². The molecular weight excluding hydrogens is 320 g/mol. The third-order valence-corrected chi connectivity index (χ3v) is 4.38. The molecule has 6 nitrogen and oxygen atoms in total. The van der Waals surface area contributed by atoms with E-state index in [0.717, 1.165) is 5.56 Å². The highest BCUT2D eigenvalue weighted by molar-refractivity contribution is 6.18. The first-order chi connectivity index (χ1) is 11.8. The minimum absolute atomic E-state index is 0.174. The predicted octanol–water partition coefficient (Wildman–Crippen LogP) is 1.71. The highest BCUT2D eigenvalue weighted by Gasteiger charge is 2.49. The van der Waals surface area contributed by atoms with Crippen LogP contribution in [0.2, 0.25) is 0 Å². The lowest BCUT2D eigenvalue weighted by Gasteiger charge is -2.38. The Hall–Kier alpha value is -2.89. The van der Waals surface area contributed by atoms with Crippen molar-refractivity contribution in [2.45, 2.75) is 33.2 Å². The van der Waals surface area contributed by atoms with Crippen LogP contribution in [-0.2, 0) is 19.1 Å². The molecule has 2 rings (SSSR count). The number of allylic oxidation sites excluding steroid dienone is 1. The fourth-order valence-corrected chi connectivity index (χ4v) is 3.20. The van der Waals surface area contributed by atoms with Gasteiger partial charge < -0.3 is 15.8 Å². The van der Waals surface area contributed by atoms with Crippen molar-refractivity contribution in [2.24, 2.45) is 5.73 Å². The first kappa shape index (κ1) is 18.4. The van der Waals surface area contributed by atoms with Crippen molar-refractivity contribution >= 4 is 23.2 Å². The average molecular weight is 342 g/mol. The van der Waals surface area contributed by atoms with Crippen LogP contribution in [0.5, 0.6) is 0 Å². The maximum absolute atomic E-state index is 12.7. The summed E-state index contributed by atoms with van der Waals surface area (Å²) >= 11 is 0. The van der Waals surface area contributed by atoms with E-state index in [9.17, 15) is 14.4 Å². The van der Waals surface area contributed by atoms with Crippen molar-refractivity contribution in [3.8, 4) is 0 Å². The molecule has 1 aromatic rings. The van der Waals surface area contributed by atoms with E-state index in [1.165, 1.54) is 6.92 Å². The van der Waals surface area contributed by atoms with Crippen LogP contribution in [0.15, 0.2) is 47.2 Å². The number of rotatable bonds is 5. The number of nitrogens with one attached hydrogen (secondary N) is 1. The number of hydrogen-bond donors (Lipinski definition) is 2. The van der Waals surface area contributed by atoms with E-state index in [0.29, 0.717) is 11.3 Å². The minimum Gasteiger partial charge on any atom is -0.462 e. The number of carbonyl (C=O) groups excluding carboxylic acids is 3. The summed E-state index contributed by atoms with van der Waals surface area (Å²) in [5, 5.41) is 2.94. The highest BCUT2D eigenvalue weighted by Crippen LogP contribution is 2.38. The molecule has 0 saturated carbocycles. The lowest BCUT2D eigenvalue weighted by molar-refractivity contribution is -0.138. The van der Waals surface area contributed by atoms with E-state index in [4.69, 9.17) is 10.5 Å².